The van der Waals surface area contributed by atoms with Gasteiger partial charge in [0.15, 0.2) is 0 Å². The number of nitrogens with one attached hydrogen (secondary N) is 1. The number of ether oxygens (including phenoxy) is 1. The zero-order chi connectivity index (χ0) is 14.6. The molecule has 0 aromatic carbocycles. The highest BCUT2D eigenvalue weighted by Crippen LogP contribution is 2.29. The molecule has 4 nitrogen and oxygen atoms in total. The number of nitrogens with zero attached hydrogens (tertiary/aromatic N) is 1. The van der Waals surface area contributed by atoms with Crippen LogP contribution in [0, 0.1) is 16.7 Å². The van der Waals surface area contributed by atoms with Crippen molar-refractivity contribution in [3.8, 4) is 6.07 Å². The second-order valence-corrected chi connectivity index (χ2v) is 5.00. The first-order chi connectivity index (χ1) is 9.16. The lowest BCUT2D eigenvalue weighted by molar-refractivity contribution is -0.128. The van der Waals surface area contributed by atoms with Crippen molar-refractivity contribution in [2.45, 2.75) is 58.8 Å². The van der Waals surface area contributed by atoms with Crippen LogP contribution in [0.2, 0.25) is 0 Å². The minimum Gasteiger partial charge on any atom is -0.385 e. The van der Waals surface area contributed by atoms with E-state index in [0.717, 1.165) is 38.7 Å². The number of hydrogen-bond donors (Lipinski definition) is 1. The lowest BCUT2D eigenvalue weighted by Crippen LogP contribution is -2.40. The molecule has 0 aromatic rings. The van der Waals surface area contributed by atoms with Crippen LogP contribution in [-0.2, 0) is 9.53 Å². The normalized spacial score (nSPS) is 11.1. The van der Waals surface area contributed by atoms with Crippen molar-refractivity contribution in [2.24, 2.45) is 5.41 Å². The third kappa shape index (κ3) is 6.58. The molecule has 1 N–H and O–H groups in total. The highest BCUT2D eigenvalue weighted by molar-refractivity contribution is 5.85. The molecule has 0 aliphatic rings. The van der Waals surface area contributed by atoms with E-state index in [-0.39, 0.29) is 5.91 Å². The van der Waals surface area contributed by atoms with E-state index in [2.05, 4.69) is 11.4 Å². The first-order valence-corrected chi connectivity index (χ1v) is 7.35. The second-order valence-electron chi connectivity index (χ2n) is 5.00. The van der Waals surface area contributed by atoms with Crippen molar-refractivity contribution in [3.05, 3.63) is 0 Å². The Kier molecular flexibility index (Phi) is 10.2. The first kappa shape index (κ1) is 17.9. The van der Waals surface area contributed by atoms with Gasteiger partial charge in [-0.05, 0) is 32.1 Å². The summed E-state index contributed by atoms with van der Waals surface area (Å²) in [5.74, 6) is -0.0922. The summed E-state index contributed by atoms with van der Waals surface area (Å²) in [5, 5.41) is 12.3. The molecule has 0 aliphatic heterocycles. The quantitative estimate of drug-likeness (QED) is 0.586. The molecule has 0 saturated heterocycles. The summed E-state index contributed by atoms with van der Waals surface area (Å²) in [6.07, 6.45) is 5.99. The Morgan fingerprint density at radius 3 is 2.32 bits per heavy atom. The van der Waals surface area contributed by atoms with Crippen LogP contribution >= 0.6 is 0 Å². The van der Waals surface area contributed by atoms with Crippen LogP contribution in [-0.4, -0.2) is 26.2 Å². The minimum absolute atomic E-state index is 0.0922. The van der Waals surface area contributed by atoms with Gasteiger partial charge in [0.05, 0.1) is 6.07 Å². The maximum Gasteiger partial charge on any atom is 0.240 e. The summed E-state index contributed by atoms with van der Waals surface area (Å²) in [4.78, 5) is 12.2. The Hall–Kier alpha value is -1.08. The van der Waals surface area contributed by atoms with Crippen LogP contribution in [0.25, 0.3) is 0 Å². The van der Waals surface area contributed by atoms with Crippen LogP contribution in [0.4, 0.5) is 0 Å². The molecule has 0 spiro atoms. The standard InChI is InChI=1S/C15H28N2O2/c1-4-9-15(13-16,10-5-2)14(18)17-11-7-6-8-12-19-3/h4-12H2,1-3H3,(H,17,18). The number of rotatable bonds is 11. The van der Waals surface area contributed by atoms with Crippen LogP contribution < -0.4 is 5.32 Å². The number of nitriles is 1. The second kappa shape index (κ2) is 10.8. The van der Waals surface area contributed by atoms with Crippen LogP contribution in [0.3, 0.4) is 0 Å². The summed E-state index contributed by atoms with van der Waals surface area (Å²) >= 11 is 0. The monoisotopic (exact) mass is 268 g/mol. The molecule has 0 aromatic heterocycles. The fourth-order valence-electron chi connectivity index (χ4n) is 2.29. The first-order valence-electron chi connectivity index (χ1n) is 7.35. The molecule has 0 heterocycles. The molecule has 0 saturated carbocycles. The van der Waals surface area contributed by atoms with Crippen molar-refractivity contribution in [1.29, 1.82) is 5.26 Å². The molecule has 0 rings (SSSR count). The van der Waals surface area contributed by atoms with Gasteiger partial charge in [-0.25, -0.2) is 0 Å². The summed E-state index contributed by atoms with van der Waals surface area (Å²) in [6.45, 7) is 5.45. The maximum atomic E-state index is 12.2. The van der Waals surface area contributed by atoms with Gasteiger partial charge in [-0.3, -0.25) is 4.79 Å². The Balaban J connectivity index is 4.15. The average molecular weight is 268 g/mol. The molecule has 1 amide bonds. The molecule has 0 aliphatic carbocycles. The van der Waals surface area contributed by atoms with Gasteiger partial charge in [0.1, 0.15) is 5.41 Å². The summed E-state index contributed by atoms with van der Waals surface area (Å²) < 4.78 is 4.97. The average Bonchev–Trinajstić information content (AvgIpc) is 2.42. The Morgan fingerprint density at radius 2 is 1.84 bits per heavy atom. The smallest absolute Gasteiger partial charge is 0.240 e. The van der Waals surface area contributed by atoms with Crippen molar-refractivity contribution in [1.82, 2.24) is 5.32 Å². The number of carbonyl (C=O) groups is 1. The van der Waals surface area contributed by atoms with E-state index in [1.54, 1.807) is 7.11 Å². The summed E-state index contributed by atoms with van der Waals surface area (Å²) in [6, 6.07) is 2.25. The highest BCUT2D eigenvalue weighted by atomic mass is 16.5. The third-order valence-electron chi connectivity index (χ3n) is 3.31. The van der Waals surface area contributed by atoms with Crippen molar-refractivity contribution < 1.29 is 9.53 Å². The van der Waals surface area contributed by atoms with Crippen molar-refractivity contribution in [2.75, 3.05) is 20.3 Å². The Bertz CT molecular complexity index is 278. The fourth-order valence-corrected chi connectivity index (χ4v) is 2.29. The minimum atomic E-state index is -0.823. The van der Waals surface area contributed by atoms with E-state index in [1.165, 1.54) is 0 Å². The predicted octanol–water partition coefficient (Wildman–Crippen LogP) is 3.03. The van der Waals surface area contributed by atoms with Gasteiger partial charge in [0, 0.05) is 20.3 Å². The van der Waals surface area contributed by atoms with E-state index in [9.17, 15) is 10.1 Å². The topological polar surface area (TPSA) is 62.1 Å². The highest BCUT2D eigenvalue weighted by Gasteiger charge is 2.36. The fraction of sp³-hybridized carbons (Fsp3) is 0.867. The van der Waals surface area contributed by atoms with Crippen LogP contribution in [0.15, 0.2) is 0 Å². The molecule has 110 valence electrons. The van der Waals surface area contributed by atoms with E-state index in [1.807, 2.05) is 13.8 Å². The van der Waals surface area contributed by atoms with Crippen LogP contribution in [0.1, 0.15) is 58.8 Å². The van der Waals surface area contributed by atoms with Gasteiger partial charge in [-0.15, -0.1) is 0 Å². The lowest BCUT2D eigenvalue weighted by atomic mass is 9.80. The molecule has 0 unspecified atom stereocenters. The van der Waals surface area contributed by atoms with Gasteiger partial charge in [0.2, 0.25) is 5.91 Å². The van der Waals surface area contributed by atoms with Crippen LogP contribution in [0.5, 0.6) is 0 Å². The number of unbranched alkanes of at least 4 members (excludes halogenated alkanes) is 2. The number of carbonyl (C=O) groups excluding carboxylic acids is 1. The Morgan fingerprint density at radius 1 is 1.21 bits per heavy atom. The zero-order valence-electron chi connectivity index (χ0n) is 12.6. The third-order valence-corrected chi connectivity index (χ3v) is 3.31. The van der Waals surface area contributed by atoms with Gasteiger partial charge >= 0.3 is 0 Å². The Labute approximate surface area is 117 Å². The van der Waals surface area contributed by atoms with Gasteiger partial charge in [0.25, 0.3) is 0 Å². The molecule has 4 heteroatoms. The maximum absolute atomic E-state index is 12.2. The zero-order valence-corrected chi connectivity index (χ0v) is 12.6. The molecule has 0 fully saturated rings. The van der Waals surface area contributed by atoms with Gasteiger partial charge < -0.3 is 10.1 Å². The molecule has 0 bridgehead atoms. The van der Waals surface area contributed by atoms with Gasteiger partial charge in [-0.2, -0.15) is 5.26 Å². The molecular formula is C15H28N2O2. The number of hydrogen-bond acceptors (Lipinski definition) is 3. The summed E-state index contributed by atoms with van der Waals surface area (Å²) in [5.41, 5.74) is -0.823. The summed E-state index contributed by atoms with van der Waals surface area (Å²) in [7, 11) is 1.69. The lowest BCUT2D eigenvalue weighted by Gasteiger charge is -2.24. The van der Waals surface area contributed by atoms with Crippen molar-refractivity contribution in [3.63, 3.8) is 0 Å². The molecule has 0 radical (unpaired) electrons. The molecular weight excluding hydrogens is 240 g/mol. The van der Waals surface area contributed by atoms with E-state index in [0.29, 0.717) is 19.4 Å². The molecule has 19 heavy (non-hydrogen) atoms. The van der Waals surface area contributed by atoms with Crippen molar-refractivity contribution >= 4 is 5.91 Å². The molecule has 0 atom stereocenters. The van der Waals surface area contributed by atoms with E-state index >= 15 is 0 Å². The largest absolute Gasteiger partial charge is 0.385 e. The number of amides is 1. The predicted molar refractivity (Wildman–Crippen MR) is 76.6 cm³/mol. The SMILES string of the molecule is CCCC(C#N)(CCC)C(=O)NCCCCCOC. The number of methoxy groups -OCH3 is 1. The van der Waals surface area contributed by atoms with Gasteiger partial charge in [-0.1, -0.05) is 26.7 Å². The van der Waals surface area contributed by atoms with E-state index < -0.39 is 5.41 Å². The van der Waals surface area contributed by atoms with E-state index in [4.69, 9.17) is 4.74 Å².